The number of nitrogens with two attached hydrogens (primary N) is 1. The van der Waals surface area contributed by atoms with Gasteiger partial charge in [-0.15, -0.1) is 5.10 Å². The van der Waals surface area contributed by atoms with Crippen LogP contribution in [0.1, 0.15) is 35.9 Å². The molecule has 1 aliphatic rings. The van der Waals surface area contributed by atoms with E-state index in [2.05, 4.69) is 25.6 Å². The van der Waals surface area contributed by atoms with E-state index in [0.717, 1.165) is 12.6 Å². The lowest BCUT2D eigenvalue weighted by Crippen LogP contribution is -2.50. The molecule has 1 saturated heterocycles. The fourth-order valence-electron chi connectivity index (χ4n) is 4.20. The number of nitrogens with one attached hydrogen (secondary N) is 2. The van der Waals surface area contributed by atoms with E-state index in [1.165, 1.54) is 18.2 Å². The molecular weight excluding hydrogens is 441 g/mol. The molecule has 4 N–H and O–H groups in total. The van der Waals surface area contributed by atoms with E-state index in [4.69, 9.17) is 10.7 Å². The number of halogens is 1. The van der Waals surface area contributed by atoms with Crippen molar-refractivity contribution in [2.75, 3.05) is 16.8 Å². The third-order valence-corrected chi connectivity index (χ3v) is 6.08. The van der Waals surface area contributed by atoms with Crippen molar-refractivity contribution >= 4 is 34.8 Å². The van der Waals surface area contributed by atoms with E-state index in [1.807, 2.05) is 24.0 Å². The Bertz CT molecular complexity index is 1380. The van der Waals surface area contributed by atoms with Crippen LogP contribution in [0.3, 0.4) is 0 Å². The van der Waals surface area contributed by atoms with Crippen LogP contribution in [-0.4, -0.2) is 53.6 Å². The average Bonchev–Trinajstić information content (AvgIpc) is 3.55. The van der Waals surface area contributed by atoms with Crippen LogP contribution in [-0.2, 0) is 11.2 Å². The minimum atomic E-state index is -0.848. The second-order valence-corrected chi connectivity index (χ2v) is 8.35. The zero-order chi connectivity index (χ0) is 23.9. The number of anilines is 3. The van der Waals surface area contributed by atoms with Gasteiger partial charge in [0.1, 0.15) is 17.0 Å². The van der Waals surface area contributed by atoms with Crippen LogP contribution < -0.4 is 16.0 Å². The van der Waals surface area contributed by atoms with E-state index < -0.39 is 17.3 Å². The molecule has 1 amide bonds. The number of carbonyl (C=O) groups excluding carboxylic acids is 2. The van der Waals surface area contributed by atoms with E-state index in [-0.39, 0.29) is 17.9 Å². The highest BCUT2D eigenvalue weighted by molar-refractivity contribution is 5.93. The minimum Gasteiger partial charge on any atom is -0.364 e. The number of primary amides is 1. The number of pyridine rings is 1. The Labute approximate surface area is 193 Å². The lowest BCUT2D eigenvalue weighted by Gasteiger charge is -2.34. The zero-order valence-electron chi connectivity index (χ0n) is 18.3. The van der Waals surface area contributed by atoms with Gasteiger partial charge in [0.15, 0.2) is 17.4 Å². The van der Waals surface area contributed by atoms with Gasteiger partial charge < -0.3 is 16.0 Å². The predicted octanol–water partition coefficient (Wildman–Crippen LogP) is 2.00. The SMILES string of the molecule is C[C@@]1(C(=O)Cc2ccc(F)cn2)CCCN1c1nc(Nc2cc(C(N)=O)[nH]n2)c2cccn2n1. The number of carbonyl (C=O) groups is 2. The number of hydrogen-bond acceptors (Lipinski definition) is 8. The molecule has 174 valence electrons. The fraction of sp³-hybridized carbons (Fsp3) is 0.273. The fourth-order valence-corrected chi connectivity index (χ4v) is 4.20. The van der Waals surface area contributed by atoms with E-state index in [9.17, 15) is 14.0 Å². The summed E-state index contributed by atoms with van der Waals surface area (Å²) in [6.07, 6.45) is 4.38. The highest BCUT2D eigenvalue weighted by Gasteiger charge is 2.44. The molecule has 5 rings (SSSR count). The Balaban J connectivity index is 1.47. The van der Waals surface area contributed by atoms with Crippen LogP contribution in [0.2, 0.25) is 0 Å². The van der Waals surface area contributed by atoms with Gasteiger partial charge in [0, 0.05) is 24.5 Å². The molecule has 34 heavy (non-hydrogen) atoms. The Morgan fingerprint density at radius 3 is 2.91 bits per heavy atom. The highest BCUT2D eigenvalue weighted by atomic mass is 19.1. The molecule has 12 heteroatoms. The Hall–Kier alpha value is -4.35. The molecule has 0 saturated carbocycles. The summed E-state index contributed by atoms with van der Waals surface area (Å²) in [5.41, 5.74) is 5.80. The first kappa shape index (κ1) is 21.5. The van der Waals surface area contributed by atoms with Crippen LogP contribution in [0.15, 0.2) is 42.7 Å². The number of amides is 1. The summed E-state index contributed by atoms with van der Waals surface area (Å²) in [5.74, 6) is 0.0751. The van der Waals surface area contributed by atoms with E-state index in [0.29, 0.717) is 41.8 Å². The molecule has 0 unspecified atom stereocenters. The number of rotatable bonds is 7. The first-order chi connectivity index (χ1) is 16.3. The number of nitrogens with zero attached hydrogens (tertiary/aromatic N) is 6. The molecule has 0 radical (unpaired) electrons. The summed E-state index contributed by atoms with van der Waals surface area (Å²) in [6.45, 7) is 2.47. The predicted molar refractivity (Wildman–Crippen MR) is 121 cm³/mol. The number of ketones is 1. The third kappa shape index (κ3) is 3.83. The highest BCUT2D eigenvalue weighted by Crippen LogP contribution is 2.35. The third-order valence-electron chi connectivity index (χ3n) is 6.08. The second-order valence-electron chi connectivity index (χ2n) is 8.35. The van der Waals surface area contributed by atoms with Crippen molar-refractivity contribution in [1.82, 2.24) is 29.8 Å². The molecule has 0 spiro atoms. The summed E-state index contributed by atoms with van der Waals surface area (Å²) in [7, 11) is 0. The molecule has 0 aromatic carbocycles. The number of hydrogen-bond donors (Lipinski definition) is 3. The number of aromatic amines is 1. The number of H-pyrrole nitrogens is 1. The van der Waals surface area contributed by atoms with Gasteiger partial charge >= 0.3 is 0 Å². The molecule has 11 nitrogen and oxygen atoms in total. The van der Waals surface area contributed by atoms with Crippen molar-refractivity contribution in [2.45, 2.75) is 31.7 Å². The first-order valence-electron chi connectivity index (χ1n) is 10.7. The van der Waals surface area contributed by atoms with Crippen molar-refractivity contribution in [2.24, 2.45) is 5.73 Å². The summed E-state index contributed by atoms with van der Waals surface area (Å²) in [4.78, 5) is 35.3. The van der Waals surface area contributed by atoms with Gasteiger partial charge in [-0.1, -0.05) is 0 Å². The maximum atomic E-state index is 13.3. The maximum Gasteiger partial charge on any atom is 0.266 e. The summed E-state index contributed by atoms with van der Waals surface area (Å²) < 4.78 is 14.9. The van der Waals surface area contributed by atoms with Gasteiger partial charge in [-0.3, -0.25) is 19.7 Å². The Morgan fingerprint density at radius 2 is 2.18 bits per heavy atom. The van der Waals surface area contributed by atoms with Crippen LogP contribution >= 0.6 is 0 Å². The smallest absolute Gasteiger partial charge is 0.266 e. The quantitative estimate of drug-likeness (QED) is 0.377. The molecule has 1 atom stereocenters. The van der Waals surface area contributed by atoms with Crippen molar-refractivity contribution in [3.63, 3.8) is 0 Å². The molecule has 5 heterocycles. The largest absolute Gasteiger partial charge is 0.364 e. The van der Waals surface area contributed by atoms with Crippen molar-refractivity contribution in [3.8, 4) is 0 Å². The van der Waals surface area contributed by atoms with Crippen LogP contribution in [0.5, 0.6) is 0 Å². The molecule has 1 fully saturated rings. The Kier molecular flexibility index (Phi) is 5.19. The summed E-state index contributed by atoms with van der Waals surface area (Å²) >= 11 is 0. The molecule has 0 aliphatic carbocycles. The molecule has 4 aromatic heterocycles. The average molecular weight is 463 g/mol. The topological polar surface area (TPSA) is 147 Å². The van der Waals surface area contributed by atoms with Gasteiger partial charge in [0.05, 0.1) is 18.2 Å². The minimum absolute atomic E-state index is 0.0479. The summed E-state index contributed by atoms with van der Waals surface area (Å²) in [6, 6.07) is 7.96. The first-order valence-corrected chi connectivity index (χ1v) is 10.7. The van der Waals surface area contributed by atoms with Crippen molar-refractivity contribution in [3.05, 3.63) is 59.9 Å². The molecule has 4 aromatic rings. The summed E-state index contributed by atoms with van der Waals surface area (Å²) in [5, 5.41) is 14.3. The van der Waals surface area contributed by atoms with Gasteiger partial charge in [0.25, 0.3) is 5.91 Å². The molecule has 1 aliphatic heterocycles. The lowest BCUT2D eigenvalue weighted by atomic mass is 9.90. The number of fused-ring (bicyclic) bond motifs is 1. The lowest BCUT2D eigenvalue weighted by molar-refractivity contribution is -0.122. The van der Waals surface area contributed by atoms with Gasteiger partial charge in [-0.25, -0.2) is 8.91 Å². The van der Waals surface area contributed by atoms with Gasteiger partial charge in [-0.05, 0) is 44.0 Å². The van der Waals surface area contributed by atoms with Crippen LogP contribution in [0, 0.1) is 5.82 Å². The second kappa shape index (κ2) is 8.21. The normalized spacial score (nSPS) is 17.9. The molecule has 0 bridgehead atoms. The van der Waals surface area contributed by atoms with E-state index in [1.54, 1.807) is 10.7 Å². The van der Waals surface area contributed by atoms with Gasteiger partial charge in [-0.2, -0.15) is 10.1 Å². The van der Waals surface area contributed by atoms with Crippen LogP contribution in [0.25, 0.3) is 5.52 Å². The number of Topliss-reactive ketones (excluding diaryl/α,β-unsaturated/α-hetero) is 1. The maximum absolute atomic E-state index is 13.3. The van der Waals surface area contributed by atoms with Crippen LogP contribution in [0.4, 0.5) is 22.0 Å². The standard InChI is InChI=1S/C22H22FN9O2/c1-22(17(33)10-14-6-5-13(23)12-25-14)7-3-8-31(22)21-27-20(16-4-2-9-32(16)30-21)26-18-11-15(19(24)34)28-29-18/h2,4-6,9,11-12H,3,7-8,10H2,1H3,(H2,24,34)(H2,26,27,28,29,30)/t22-/m0/s1. The monoisotopic (exact) mass is 463 g/mol. The van der Waals surface area contributed by atoms with Gasteiger partial charge in [0.2, 0.25) is 5.95 Å². The van der Waals surface area contributed by atoms with Crippen molar-refractivity contribution < 1.29 is 14.0 Å². The molecular formula is C22H22FN9O2. The van der Waals surface area contributed by atoms with E-state index >= 15 is 0 Å². The zero-order valence-corrected chi connectivity index (χ0v) is 18.3. The van der Waals surface area contributed by atoms with Crippen molar-refractivity contribution in [1.29, 1.82) is 0 Å². The Morgan fingerprint density at radius 1 is 1.32 bits per heavy atom. The number of aromatic nitrogens is 6.